The minimum Gasteiger partial charge on any atom is -0.365 e. The molecule has 1 saturated heterocycles. The molecule has 2 aliphatic rings. The number of hydrazine groups is 2. The summed E-state index contributed by atoms with van der Waals surface area (Å²) < 4.78 is 41.8. The van der Waals surface area contributed by atoms with Crippen molar-refractivity contribution in [2.45, 2.75) is 70.8 Å². The normalized spacial score (nSPS) is 18.7. The van der Waals surface area contributed by atoms with Crippen molar-refractivity contribution < 1.29 is 13.2 Å². The third-order valence-corrected chi connectivity index (χ3v) is 8.10. The fourth-order valence-corrected chi connectivity index (χ4v) is 5.34. The molecule has 1 aliphatic carbocycles. The second-order valence-electron chi connectivity index (χ2n) is 11.3. The zero-order valence-electron chi connectivity index (χ0n) is 23.3. The minimum absolute atomic E-state index is 0.162. The lowest BCUT2D eigenvalue weighted by Crippen LogP contribution is -2.32. The van der Waals surface area contributed by atoms with Crippen molar-refractivity contribution >= 4 is 17.0 Å². The van der Waals surface area contributed by atoms with Crippen LogP contribution in [0, 0.1) is 5.92 Å². The number of nitrogens with zero attached hydrogens (tertiary/aromatic N) is 5. The van der Waals surface area contributed by atoms with Crippen LogP contribution in [0.4, 0.5) is 19.0 Å². The minimum atomic E-state index is -4.40. The smallest absolute Gasteiger partial charge is 0.365 e. The second kappa shape index (κ2) is 11.0. The van der Waals surface area contributed by atoms with Crippen molar-refractivity contribution in [3.05, 3.63) is 65.1 Å². The van der Waals surface area contributed by atoms with Gasteiger partial charge in [0, 0.05) is 25.3 Å². The van der Waals surface area contributed by atoms with Gasteiger partial charge in [-0.15, -0.1) is 0 Å². The molecule has 3 aromatic heterocycles. The molecule has 1 aliphatic heterocycles. The molecule has 2 atom stereocenters. The van der Waals surface area contributed by atoms with Gasteiger partial charge in [-0.2, -0.15) is 18.7 Å². The van der Waals surface area contributed by atoms with Crippen molar-refractivity contribution in [3.63, 3.8) is 0 Å². The highest BCUT2D eigenvalue weighted by Crippen LogP contribution is 2.35. The van der Waals surface area contributed by atoms with Gasteiger partial charge in [0.15, 0.2) is 23.1 Å². The van der Waals surface area contributed by atoms with Crippen molar-refractivity contribution in [3.8, 4) is 11.5 Å². The van der Waals surface area contributed by atoms with E-state index >= 15 is 0 Å². The van der Waals surface area contributed by atoms with Gasteiger partial charge in [-0.3, -0.25) is 4.98 Å². The maximum atomic E-state index is 13.3. The SMILES string of the molecule is CC(C)c1ccnc(-c2nc3nc(C4CNNN4)nc(N[C@H](C)C4CCC4)c3n2Cc2ccc(C(F)(F)F)cc2)c1. The Balaban J connectivity index is 1.52. The van der Waals surface area contributed by atoms with Crippen LogP contribution in [0.15, 0.2) is 42.6 Å². The Morgan fingerprint density at radius 2 is 1.83 bits per heavy atom. The van der Waals surface area contributed by atoms with Gasteiger partial charge in [0.1, 0.15) is 11.2 Å². The highest BCUT2D eigenvalue weighted by atomic mass is 19.4. The maximum absolute atomic E-state index is 13.3. The van der Waals surface area contributed by atoms with Gasteiger partial charge < -0.3 is 9.88 Å². The fraction of sp³-hybridized carbons (Fsp3) is 0.448. The Kier molecular flexibility index (Phi) is 7.39. The van der Waals surface area contributed by atoms with Crippen LogP contribution >= 0.6 is 0 Å². The zero-order valence-corrected chi connectivity index (χ0v) is 23.3. The van der Waals surface area contributed by atoms with E-state index in [4.69, 9.17) is 15.0 Å². The first kappa shape index (κ1) is 27.6. The molecular formula is C29H34F3N9. The van der Waals surface area contributed by atoms with E-state index in [1.54, 1.807) is 6.20 Å². The first-order valence-electron chi connectivity index (χ1n) is 14.1. The Morgan fingerprint density at radius 1 is 1.05 bits per heavy atom. The summed E-state index contributed by atoms with van der Waals surface area (Å²) in [5.74, 6) is 2.66. The standard InChI is InChI=1S/C29H34F3N9/c1-16(2)20-11-12-33-22(13-20)28-38-27-24(41(28)15-18-7-9-21(10-8-18)29(30,31)32)26(35-17(3)19-5-4-6-19)36-25(37-27)23-14-34-40-39-23/h7-13,16-17,19,23,34,39-40H,4-6,14-15H2,1-3H3,(H,35,36,37)/t17-,23?/m1/s1. The number of hydrogen-bond acceptors (Lipinski definition) is 8. The molecule has 0 bridgehead atoms. The lowest BCUT2D eigenvalue weighted by Gasteiger charge is -2.32. The summed E-state index contributed by atoms with van der Waals surface area (Å²) in [4.78, 5) is 19.4. The van der Waals surface area contributed by atoms with Gasteiger partial charge in [-0.05, 0) is 67.0 Å². The number of anilines is 1. The third kappa shape index (κ3) is 5.64. The van der Waals surface area contributed by atoms with Crippen LogP contribution in [-0.2, 0) is 12.7 Å². The summed E-state index contributed by atoms with van der Waals surface area (Å²) in [6.45, 7) is 7.27. The van der Waals surface area contributed by atoms with Gasteiger partial charge in [-0.1, -0.05) is 32.4 Å². The first-order chi connectivity index (χ1) is 19.7. The number of imidazole rings is 1. The zero-order chi connectivity index (χ0) is 28.7. The van der Waals surface area contributed by atoms with Gasteiger partial charge in [0.25, 0.3) is 0 Å². The van der Waals surface area contributed by atoms with E-state index in [0.29, 0.717) is 52.4 Å². The molecular weight excluding hydrogens is 531 g/mol. The fourth-order valence-electron chi connectivity index (χ4n) is 5.34. The van der Waals surface area contributed by atoms with E-state index in [9.17, 15) is 13.2 Å². The summed E-state index contributed by atoms with van der Waals surface area (Å²) in [6.07, 6.45) is 0.910. The summed E-state index contributed by atoms with van der Waals surface area (Å²) in [6, 6.07) is 9.26. The molecule has 0 radical (unpaired) electrons. The van der Waals surface area contributed by atoms with Gasteiger partial charge in [0.2, 0.25) is 0 Å². The first-order valence-corrected chi connectivity index (χ1v) is 14.1. The van der Waals surface area contributed by atoms with Crippen LogP contribution in [0.25, 0.3) is 22.7 Å². The number of benzene rings is 1. The molecule has 4 N–H and O–H groups in total. The van der Waals surface area contributed by atoms with Gasteiger partial charge >= 0.3 is 6.18 Å². The number of fused-ring (bicyclic) bond motifs is 1. The van der Waals surface area contributed by atoms with Gasteiger partial charge in [0.05, 0.1) is 11.6 Å². The van der Waals surface area contributed by atoms with Crippen LogP contribution in [-0.4, -0.2) is 37.1 Å². The molecule has 6 rings (SSSR count). The number of rotatable bonds is 8. The number of halogens is 3. The van der Waals surface area contributed by atoms with E-state index in [0.717, 1.165) is 30.5 Å². The highest BCUT2D eigenvalue weighted by molar-refractivity contribution is 5.87. The molecule has 4 aromatic rings. The topological polar surface area (TPSA) is 105 Å². The van der Waals surface area contributed by atoms with Crippen LogP contribution < -0.4 is 21.7 Å². The summed E-state index contributed by atoms with van der Waals surface area (Å²) >= 11 is 0. The molecule has 216 valence electrons. The van der Waals surface area contributed by atoms with Crippen molar-refractivity contribution in [1.82, 2.24) is 40.9 Å². The molecule has 9 nitrogen and oxygen atoms in total. The predicted molar refractivity (Wildman–Crippen MR) is 151 cm³/mol. The van der Waals surface area contributed by atoms with Crippen LogP contribution in [0.3, 0.4) is 0 Å². The molecule has 2 fully saturated rings. The summed E-state index contributed by atoms with van der Waals surface area (Å²) in [5, 5.41) is 3.65. The quantitative estimate of drug-likeness (QED) is 0.227. The Hall–Kier alpha value is -3.61. The van der Waals surface area contributed by atoms with E-state index < -0.39 is 11.7 Å². The number of nitrogens with one attached hydrogen (secondary N) is 4. The van der Waals surface area contributed by atoms with Gasteiger partial charge in [-0.25, -0.2) is 25.8 Å². The van der Waals surface area contributed by atoms with Crippen LogP contribution in [0.2, 0.25) is 0 Å². The second-order valence-corrected chi connectivity index (χ2v) is 11.3. The largest absolute Gasteiger partial charge is 0.416 e. The molecule has 0 spiro atoms. The van der Waals surface area contributed by atoms with Crippen LogP contribution in [0.1, 0.15) is 74.5 Å². The number of pyridine rings is 1. The molecule has 1 aromatic carbocycles. The van der Waals surface area contributed by atoms with E-state index in [-0.39, 0.29) is 24.5 Å². The number of alkyl halides is 3. The highest BCUT2D eigenvalue weighted by Gasteiger charge is 2.31. The Labute approximate surface area is 236 Å². The van der Waals surface area contributed by atoms with Crippen LogP contribution in [0.5, 0.6) is 0 Å². The number of hydrogen-bond donors (Lipinski definition) is 4. The average Bonchev–Trinajstić information content (AvgIpc) is 3.56. The summed E-state index contributed by atoms with van der Waals surface area (Å²) in [5.41, 5.74) is 12.1. The van der Waals surface area contributed by atoms with E-state index in [2.05, 4.69) is 47.5 Å². The third-order valence-electron chi connectivity index (χ3n) is 8.10. The summed E-state index contributed by atoms with van der Waals surface area (Å²) in [7, 11) is 0. The van der Waals surface area contributed by atoms with E-state index in [1.165, 1.54) is 18.6 Å². The molecule has 41 heavy (non-hydrogen) atoms. The molecule has 12 heteroatoms. The monoisotopic (exact) mass is 565 g/mol. The molecule has 0 amide bonds. The molecule has 1 unspecified atom stereocenters. The van der Waals surface area contributed by atoms with Crippen molar-refractivity contribution in [2.24, 2.45) is 5.92 Å². The van der Waals surface area contributed by atoms with Crippen molar-refractivity contribution in [1.29, 1.82) is 0 Å². The lowest BCUT2D eigenvalue weighted by atomic mass is 9.80. The maximum Gasteiger partial charge on any atom is 0.416 e. The van der Waals surface area contributed by atoms with Crippen molar-refractivity contribution in [2.75, 3.05) is 11.9 Å². The lowest BCUT2D eigenvalue weighted by molar-refractivity contribution is -0.137. The predicted octanol–water partition coefficient (Wildman–Crippen LogP) is 5.33. The Bertz CT molecular complexity index is 1520. The average molecular weight is 566 g/mol. The molecule has 4 heterocycles. The van der Waals surface area contributed by atoms with E-state index in [1.807, 2.05) is 16.7 Å². The molecule has 1 saturated carbocycles. The number of aromatic nitrogens is 5. The Morgan fingerprint density at radius 3 is 2.46 bits per heavy atom.